The predicted molar refractivity (Wildman–Crippen MR) is 88.2 cm³/mol. The van der Waals surface area contributed by atoms with Crippen LogP contribution in [0.2, 0.25) is 5.02 Å². The number of rotatable bonds is 13. The lowest BCUT2D eigenvalue weighted by atomic mass is 10.2. The van der Waals surface area contributed by atoms with Gasteiger partial charge >= 0.3 is 0 Å². The first kappa shape index (κ1) is 19.7. The minimum Gasteiger partial charge on any atom is -0.464 e. The van der Waals surface area contributed by atoms with Crippen molar-refractivity contribution in [2.45, 2.75) is 0 Å². The maximum Gasteiger partial charge on any atom is 0.189 e. The van der Waals surface area contributed by atoms with Crippen molar-refractivity contribution >= 4 is 17.7 Å². The van der Waals surface area contributed by atoms with Crippen molar-refractivity contribution in [1.29, 1.82) is 0 Å². The molecule has 0 aromatic heterocycles. The second-order valence-electron chi connectivity index (χ2n) is 4.35. The first-order valence-corrected chi connectivity index (χ1v) is 7.45. The number of halogens is 1. The fraction of sp³-hybridized carbons (Fsp3) is 0.500. The van der Waals surface area contributed by atoms with Gasteiger partial charge in [-0.05, 0) is 11.6 Å². The smallest absolute Gasteiger partial charge is 0.189 e. The Bertz CT molecular complexity index is 466. The molecule has 7 heteroatoms. The van der Waals surface area contributed by atoms with E-state index in [9.17, 15) is 0 Å². The Kier molecular flexibility index (Phi) is 10.4. The van der Waals surface area contributed by atoms with Crippen molar-refractivity contribution in [2.24, 2.45) is 0 Å². The molecule has 0 aliphatic carbocycles. The van der Waals surface area contributed by atoms with Gasteiger partial charge in [-0.2, -0.15) is 0 Å². The van der Waals surface area contributed by atoms with E-state index >= 15 is 0 Å². The van der Waals surface area contributed by atoms with E-state index in [4.69, 9.17) is 40.0 Å². The molecule has 1 rings (SSSR count). The standard InChI is InChI=1S/C16H23ClO6/c1-4-13-9-15(22-11-20-7-5-18-2)16(10-14(13)17)23-12-21-8-6-19-3/h4,9-10H,1,5-8,11-12H2,2-3H3. The summed E-state index contributed by atoms with van der Waals surface area (Å²) in [6, 6.07) is 3.39. The molecule has 0 fully saturated rings. The molecular formula is C16H23ClO6. The van der Waals surface area contributed by atoms with Gasteiger partial charge in [0.15, 0.2) is 25.1 Å². The molecule has 6 nitrogen and oxygen atoms in total. The van der Waals surface area contributed by atoms with Gasteiger partial charge in [0, 0.05) is 20.3 Å². The summed E-state index contributed by atoms with van der Waals surface area (Å²) in [5.74, 6) is 0.963. The Hall–Kier alpha value is -1.31. The van der Waals surface area contributed by atoms with Crippen LogP contribution in [-0.2, 0) is 18.9 Å². The maximum absolute atomic E-state index is 6.15. The summed E-state index contributed by atoms with van der Waals surface area (Å²) in [4.78, 5) is 0. The third-order valence-electron chi connectivity index (χ3n) is 2.74. The lowest BCUT2D eigenvalue weighted by Gasteiger charge is -2.14. The molecular weight excluding hydrogens is 324 g/mol. The van der Waals surface area contributed by atoms with Crippen molar-refractivity contribution < 1.29 is 28.4 Å². The third-order valence-corrected chi connectivity index (χ3v) is 3.07. The molecule has 0 spiro atoms. The van der Waals surface area contributed by atoms with Crippen LogP contribution in [0.4, 0.5) is 0 Å². The fourth-order valence-electron chi connectivity index (χ4n) is 1.55. The van der Waals surface area contributed by atoms with E-state index in [0.29, 0.717) is 42.9 Å². The summed E-state index contributed by atoms with van der Waals surface area (Å²) in [5, 5.41) is 0.513. The Morgan fingerprint density at radius 2 is 1.43 bits per heavy atom. The van der Waals surface area contributed by atoms with Gasteiger partial charge < -0.3 is 28.4 Å². The summed E-state index contributed by atoms with van der Waals surface area (Å²) in [7, 11) is 3.21. The SMILES string of the molecule is C=Cc1cc(OCOCCOC)c(OCOCCOC)cc1Cl. The first-order chi connectivity index (χ1) is 11.2. The van der Waals surface area contributed by atoms with Gasteiger partial charge in [0.05, 0.1) is 31.5 Å². The first-order valence-electron chi connectivity index (χ1n) is 7.07. The Labute approximate surface area is 141 Å². The van der Waals surface area contributed by atoms with Crippen molar-refractivity contribution in [3.8, 4) is 11.5 Å². The van der Waals surface area contributed by atoms with Gasteiger partial charge in [-0.15, -0.1) is 0 Å². The fourth-order valence-corrected chi connectivity index (χ4v) is 1.78. The van der Waals surface area contributed by atoms with Crippen LogP contribution >= 0.6 is 11.6 Å². The minimum atomic E-state index is 0.0635. The van der Waals surface area contributed by atoms with Crippen LogP contribution in [0.5, 0.6) is 11.5 Å². The minimum absolute atomic E-state index is 0.0635. The molecule has 130 valence electrons. The van der Waals surface area contributed by atoms with Gasteiger partial charge in [-0.1, -0.05) is 24.3 Å². The van der Waals surface area contributed by atoms with Crippen molar-refractivity contribution in [3.05, 3.63) is 29.3 Å². The number of hydrogen-bond donors (Lipinski definition) is 0. The summed E-state index contributed by atoms with van der Waals surface area (Å²) in [6.07, 6.45) is 1.64. The molecule has 0 saturated heterocycles. The van der Waals surface area contributed by atoms with Crippen LogP contribution in [0.15, 0.2) is 18.7 Å². The zero-order chi connectivity index (χ0) is 16.9. The molecule has 0 aliphatic heterocycles. The van der Waals surface area contributed by atoms with Gasteiger partial charge in [0.25, 0.3) is 0 Å². The second-order valence-corrected chi connectivity index (χ2v) is 4.76. The van der Waals surface area contributed by atoms with Gasteiger partial charge in [0.1, 0.15) is 0 Å². The quantitative estimate of drug-likeness (QED) is 0.404. The maximum atomic E-state index is 6.15. The van der Waals surface area contributed by atoms with Crippen LogP contribution in [0.3, 0.4) is 0 Å². The average molecular weight is 347 g/mol. The Morgan fingerprint density at radius 3 is 1.91 bits per heavy atom. The number of hydrogen-bond acceptors (Lipinski definition) is 6. The molecule has 0 aliphatic rings. The lowest BCUT2D eigenvalue weighted by Crippen LogP contribution is -2.11. The lowest BCUT2D eigenvalue weighted by molar-refractivity contribution is -0.0207. The Balaban J connectivity index is 2.61. The highest BCUT2D eigenvalue weighted by molar-refractivity contribution is 6.32. The Morgan fingerprint density at radius 1 is 0.913 bits per heavy atom. The molecule has 0 unspecified atom stereocenters. The number of benzene rings is 1. The second kappa shape index (κ2) is 12.2. The van der Waals surface area contributed by atoms with E-state index < -0.39 is 0 Å². The van der Waals surface area contributed by atoms with E-state index in [1.165, 1.54) is 0 Å². The van der Waals surface area contributed by atoms with Crippen LogP contribution in [0.1, 0.15) is 5.56 Å². The zero-order valence-corrected chi connectivity index (χ0v) is 14.3. The van der Waals surface area contributed by atoms with E-state index in [1.54, 1.807) is 32.4 Å². The highest BCUT2D eigenvalue weighted by Gasteiger charge is 2.10. The summed E-state index contributed by atoms with van der Waals surface area (Å²) in [6.45, 7) is 5.72. The molecule has 0 radical (unpaired) electrons. The van der Waals surface area contributed by atoms with Gasteiger partial charge in [-0.3, -0.25) is 0 Å². The molecule has 23 heavy (non-hydrogen) atoms. The molecule has 0 bridgehead atoms. The monoisotopic (exact) mass is 346 g/mol. The summed E-state index contributed by atoms with van der Waals surface area (Å²) in [5.41, 5.74) is 0.742. The predicted octanol–water partition coefficient (Wildman–Crippen LogP) is 2.98. The highest BCUT2D eigenvalue weighted by Crippen LogP contribution is 2.34. The average Bonchev–Trinajstić information content (AvgIpc) is 2.56. The highest BCUT2D eigenvalue weighted by atomic mass is 35.5. The van der Waals surface area contributed by atoms with Crippen LogP contribution in [-0.4, -0.2) is 54.2 Å². The molecule has 0 saturated carbocycles. The van der Waals surface area contributed by atoms with Crippen LogP contribution in [0.25, 0.3) is 6.08 Å². The summed E-state index contributed by atoms with van der Waals surface area (Å²) >= 11 is 6.15. The largest absolute Gasteiger partial charge is 0.464 e. The molecule has 1 aromatic carbocycles. The molecule has 0 heterocycles. The molecule has 0 atom stereocenters. The molecule has 0 N–H and O–H groups in total. The zero-order valence-electron chi connectivity index (χ0n) is 13.5. The van der Waals surface area contributed by atoms with Crippen molar-refractivity contribution in [1.82, 2.24) is 0 Å². The van der Waals surface area contributed by atoms with Gasteiger partial charge in [0.2, 0.25) is 0 Å². The molecule has 0 amide bonds. The van der Waals surface area contributed by atoms with E-state index in [0.717, 1.165) is 5.56 Å². The van der Waals surface area contributed by atoms with Crippen LogP contribution < -0.4 is 9.47 Å². The van der Waals surface area contributed by atoms with Crippen molar-refractivity contribution in [2.75, 3.05) is 54.2 Å². The van der Waals surface area contributed by atoms with E-state index in [1.807, 2.05) is 0 Å². The molecule has 1 aromatic rings. The van der Waals surface area contributed by atoms with Crippen LogP contribution in [0, 0.1) is 0 Å². The van der Waals surface area contributed by atoms with E-state index in [-0.39, 0.29) is 13.6 Å². The number of methoxy groups -OCH3 is 2. The normalized spacial score (nSPS) is 10.6. The number of ether oxygens (including phenoxy) is 6. The summed E-state index contributed by atoms with van der Waals surface area (Å²) < 4.78 is 31.4. The third kappa shape index (κ3) is 7.67. The van der Waals surface area contributed by atoms with Crippen molar-refractivity contribution in [3.63, 3.8) is 0 Å². The topological polar surface area (TPSA) is 55.4 Å². The van der Waals surface area contributed by atoms with Gasteiger partial charge in [-0.25, -0.2) is 0 Å². The van der Waals surface area contributed by atoms with E-state index in [2.05, 4.69) is 6.58 Å².